The van der Waals surface area contributed by atoms with Gasteiger partial charge in [0.15, 0.2) is 0 Å². The molecule has 0 heterocycles. The standard InChI is InChI=1S/C16H20.C10H14/c1-5-14-8-11-16(12-9-14)15(6-2)10-7-13(3)4;1-4-10-6-5-8(2)7-9(10)3/h6-12H,3,5H2,1-2,4H3;5-7H,4H2,1-3H3/b10-7-,15-6+;. The number of allylic oxidation sites excluding steroid dienone is 5. The van der Waals surface area contributed by atoms with Crippen LogP contribution in [-0.2, 0) is 12.8 Å². The lowest BCUT2D eigenvalue weighted by atomic mass is 10.0. The molecule has 0 spiro atoms. The molecule has 2 rings (SSSR count). The van der Waals surface area contributed by atoms with E-state index in [-0.39, 0.29) is 0 Å². The Morgan fingerprint density at radius 3 is 2.04 bits per heavy atom. The summed E-state index contributed by atoms with van der Waals surface area (Å²) in [6.45, 7) is 16.6. The Balaban J connectivity index is 0.000000289. The lowest BCUT2D eigenvalue weighted by molar-refractivity contribution is 1.10. The first-order chi connectivity index (χ1) is 12.4. The summed E-state index contributed by atoms with van der Waals surface area (Å²) < 4.78 is 0. The third-order valence-electron chi connectivity index (χ3n) is 4.43. The van der Waals surface area contributed by atoms with Crippen LogP contribution < -0.4 is 0 Å². The van der Waals surface area contributed by atoms with E-state index >= 15 is 0 Å². The van der Waals surface area contributed by atoms with Crippen molar-refractivity contribution >= 4 is 5.57 Å². The van der Waals surface area contributed by atoms with Gasteiger partial charge in [-0.1, -0.05) is 92.3 Å². The van der Waals surface area contributed by atoms with Gasteiger partial charge in [-0.05, 0) is 68.4 Å². The number of hydrogen-bond donors (Lipinski definition) is 0. The molecular weight excluding hydrogens is 312 g/mol. The van der Waals surface area contributed by atoms with E-state index in [1.54, 1.807) is 0 Å². The van der Waals surface area contributed by atoms with Crippen LogP contribution in [0.3, 0.4) is 0 Å². The molecule has 0 saturated carbocycles. The van der Waals surface area contributed by atoms with E-state index in [0.717, 1.165) is 18.4 Å². The summed E-state index contributed by atoms with van der Waals surface area (Å²) in [4.78, 5) is 0. The third-order valence-corrected chi connectivity index (χ3v) is 4.43. The summed E-state index contributed by atoms with van der Waals surface area (Å²) in [5.41, 5.74) is 9.19. The molecule has 0 radical (unpaired) electrons. The highest BCUT2D eigenvalue weighted by Crippen LogP contribution is 2.17. The maximum Gasteiger partial charge on any atom is -0.0187 e. The minimum Gasteiger partial charge on any atom is -0.0961 e. The van der Waals surface area contributed by atoms with Gasteiger partial charge in [-0.3, -0.25) is 0 Å². The summed E-state index contributed by atoms with van der Waals surface area (Å²) in [5, 5.41) is 0. The van der Waals surface area contributed by atoms with Crippen molar-refractivity contribution in [2.24, 2.45) is 0 Å². The second-order valence-electron chi connectivity index (χ2n) is 6.76. The van der Waals surface area contributed by atoms with Crippen LogP contribution in [0.5, 0.6) is 0 Å². The second kappa shape index (κ2) is 11.3. The normalized spacial score (nSPS) is 11.2. The van der Waals surface area contributed by atoms with Crippen LogP contribution in [0.4, 0.5) is 0 Å². The van der Waals surface area contributed by atoms with E-state index in [1.165, 1.54) is 33.4 Å². The lowest BCUT2D eigenvalue weighted by Gasteiger charge is -2.03. The van der Waals surface area contributed by atoms with E-state index in [2.05, 4.69) is 95.8 Å². The molecule has 2 aromatic carbocycles. The zero-order valence-electron chi connectivity index (χ0n) is 17.4. The minimum absolute atomic E-state index is 1.07. The SMILES string of the molecule is C=C(C)/C=C\C(=C/C)c1ccc(CC)cc1.CCc1ccc(C)cc1C. The molecule has 0 heteroatoms. The molecule has 0 saturated heterocycles. The van der Waals surface area contributed by atoms with Crippen LogP contribution in [0.15, 0.2) is 72.8 Å². The quantitative estimate of drug-likeness (QED) is 0.488. The lowest BCUT2D eigenvalue weighted by Crippen LogP contribution is -1.85. The van der Waals surface area contributed by atoms with Gasteiger partial charge < -0.3 is 0 Å². The Hall–Kier alpha value is -2.34. The van der Waals surface area contributed by atoms with Crippen LogP contribution >= 0.6 is 0 Å². The molecule has 26 heavy (non-hydrogen) atoms. The third kappa shape index (κ3) is 7.27. The molecule has 138 valence electrons. The molecule has 0 aliphatic carbocycles. The molecule has 0 amide bonds. The van der Waals surface area contributed by atoms with Crippen molar-refractivity contribution in [3.63, 3.8) is 0 Å². The maximum absolute atomic E-state index is 3.87. The molecule has 0 nitrogen and oxygen atoms in total. The zero-order chi connectivity index (χ0) is 19.5. The van der Waals surface area contributed by atoms with Crippen molar-refractivity contribution in [3.05, 3.63) is 101 Å². The first-order valence-corrected chi connectivity index (χ1v) is 9.56. The molecule has 0 N–H and O–H groups in total. The largest absolute Gasteiger partial charge is 0.0961 e. The predicted octanol–water partition coefficient (Wildman–Crippen LogP) is 7.65. The van der Waals surface area contributed by atoms with Gasteiger partial charge in [0.1, 0.15) is 0 Å². The van der Waals surface area contributed by atoms with Gasteiger partial charge in [-0.15, -0.1) is 0 Å². The van der Waals surface area contributed by atoms with Crippen LogP contribution in [-0.4, -0.2) is 0 Å². The van der Waals surface area contributed by atoms with Crippen LogP contribution in [0.25, 0.3) is 5.57 Å². The highest BCUT2D eigenvalue weighted by atomic mass is 14.0. The first kappa shape index (κ1) is 21.7. The second-order valence-corrected chi connectivity index (χ2v) is 6.76. The Kier molecular flexibility index (Phi) is 9.44. The van der Waals surface area contributed by atoms with Gasteiger partial charge >= 0.3 is 0 Å². The van der Waals surface area contributed by atoms with Gasteiger partial charge in [0.2, 0.25) is 0 Å². The smallest absolute Gasteiger partial charge is 0.0187 e. The molecule has 0 aliphatic heterocycles. The molecule has 0 aromatic heterocycles. The van der Waals surface area contributed by atoms with E-state index in [9.17, 15) is 0 Å². The Labute approximate surface area is 161 Å². The van der Waals surface area contributed by atoms with Crippen LogP contribution in [0, 0.1) is 13.8 Å². The first-order valence-electron chi connectivity index (χ1n) is 9.56. The number of hydrogen-bond acceptors (Lipinski definition) is 0. The molecule has 0 atom stereocenters. The van der Waals surface area contributed by atoms with E-state index in [4.69, 9.17) is 0 Å². The number of aryl methyl sites for hydroxylation is 4. The average Bonchev–Trinajstić information content (AvgIpc) is 2.63. The molecule has 0 bridgehead atoms. The number of rotatable bonds is 5. The van der Waals surface area contributed by atoms with Gasteiger partial charge in [0, 0.05) is 0 Å². The van der Waals surface area contributed by atoms with Gasteiger partial charge in [-0.25, -0.2) is 0 Å². The summed E-state index contributed by atoms with van der Waals surface area (Å²) in [6, 6.07) is 15.4. The van der Waals surface area contributed by atoms with Crippen LogP contribution in [0.2, 0.25) is 0 Å². The molecule has 0 fully saturated rings. The number of benzene rings is 2. The summed E-state index contributed by atoms with van der Waals surface area (Å²) in [5.74, 6) is 0. The Morgan fingerprint density at radius 2 is 1.58 bits per heavy atom. The summed E-state index contributed by atoms with van der Waals surface area (Å²) in [7, 11) is 0. The highest BCUT2D eigenvalue weighted by molar-refractivity contribution is 5.74. The molecule has 0 unspecified atom stereocenters. The fourth-order valence-corrected chi connectivity index (χ4v) is 2.77. The fourth-order valence-electron chi connectivity index (χ4n) is 2.77. The molecule has 2 aromatic rings. The van der Waals surface area contributed by atoms with Crippen molar-refractivity contribution < 1.29 is 0 Å². The van der Waals surface area contributed by atoms with Crippen molar-refractivity contribution in [3.8, 4) is 0 Å². The maximum atomic E-state index is 3.87. The van der Waals surface area contributed by atoms with Gasteiger partial charge in [0.05, 0.1) is 0 Å². The Bertz CT molecular complexity index is 755. The van der Waals surface area contributed by atoms with Gasteiger partial charge in [-0.2, -0.15) is 0 Å². The van der Waals surface area contributed by atoms with Crippen molar-refractivity contribution in [2.45, 2.75) is 54.4 Å². The van der Waals surface area contributed by atoms with Gasteiger partial charge in [0.25, 0.3) is 0 Å². The zero-order valence-corrected chi connectivity index (χ0v) is 17.4. The molecule has 0 aliphatic rings. The van der Waals surface area contributed by atoms with E-state index in [1.807, 2.05) is 13.0 Å². The monoisotopic (exact) mass is 346 g/mol. The van der Waals surface area contributed by atoms with Crippen molar-refractivity contribution in [2.75, 3.05) is 0 Å². The summed E-state index contributed by atoms with van der Waals surface area (Å²) >= 11 is 0. The van der Waals surface area contributed by atoms with Crippen LogP contribution in [0.1, 0.15) is 55.5 Å². The molecular formula is C26H34. The average molecular weight is 347 g/mol. The Morgan fingerprint density at radius 1 is 0.923 bits per heavy atom. The van der Waals surface area contributed by atoms with Crippen molar-refractivity contribution in [1.82, 2.24) is 0 Å². The fraction of sp³-hybridized carbons (Fsp3) is 0.308. The van der Waals surface area contributed by atoms with Crippen molar-refractivity contribution in [1.29, 1.82) is 0 Å². The minimum atomic E-state index is 1.07. The predicted molar refractivity (Wildman–Crippen MR) is 119 cm³/mol. The topological polar surface area (TPSA) is 0 Å². The van der Waals surface area contributed by atoms with E-state index < -0.39 is 0 Å². The highest BCUT2D eigenvalue weighted by Gasteiger charge is 1.96. The summed E-state index contributed by atoms with van der Waals surface area (Å²) in [6.07, 6.45) is 8.52. The van der Waals surface area contributed by atoms with E-state index in [0.29, 0.717) is 0 Å².